The third kappa shape index (κ3) is 5.33. The third-order valence-corrected chi connectivity index (χ3v) is 6.18. The van der Waals surface area contributed by atoms with Gasteiger partial charge >= 0.3 is 6.03 Å². The molecule has 0 saturated carbocycles. The van der Waals surface area contributed by atoms with E-state index in [9.17, 15) is 14.4 Å². The van der Waals surface area contributed by atoms with Crippen LogP contribution in [0.25, 0.3) is 6.08 Å². The summed E-state index contributed by atoms with van der Waals surface area (Å²) >= 11 is 18.6. The fourth-order valence-corrected chi connectivity index (χ4v) is 4.31. The standard InChI is InChI=1S/C26H19Cl3N2O5/c1-14-4-3-5-18(8-14)31-25(33)19(24(32)30-26(31)34)9-15-10-21(29)23(22(11-15)35-2)36-13-16-6-7-17(27)12-20(16)28/h3-12H,13H2,1-2H3,(H,30,32,34)/b19-9+. The molecule has 1 saturated heterocycles. The van der Waals surface area contributed by atoms with Gasteiger partial charge in [-0.1, -0.05) is 53.0 Å². The van der Waals surface area contributed by atoms with Crippen molar-refractivity contribution in [2.24, 2.45) is 0 Å². The van der Waals surface area contributed by atoms with Crippen LogP contribution in [0.2, 0.25) is 15.1 Å². The Kier molecular flexibility index (Phi) is 7.54. The number of hydrogen-bond acceptors (Lipinski definition) is 5. The Labute approximate surface area is 222 Å². The van der Waals surface area contributed by atoms with Gasteiger partial charge in [0.05, 0.1) is 17.8 Å². The molecule has 1 aliphatic heterocycles. The van der Waals surface area contributed by atoms with Gasteiger partial charge in [0, 0.05) is 15.6 Å². The quantitative estimate of drug-likeness (QED) is 0.294. The van der Waals surface area contributed by atoms with Gasteiger partial charge in [-0.3, -0.25) is 14.9 Å². The van der Waals surface area contributed by atoms with Crippen LogP contribution in [0, 0.1) is 6.92 Å². The average molecular weight is 546 g/mol. The highest BCUT2D eigenvalue weighted by Gasteiger charge is 2.37. The van der Waals surface area contributed by atoms with E-state index in [0.29, 0.717) is 26.9 Å². The zero-order valence-corrected chi connectivity index (χ0v) is 21.4. The van der Waals surface area contributed by atoms with E-state index in [1.165, 1.54) is 19.3 Å². The van der Waals surface area contributed by atoms with Crippen molar-refractivity contribution in [3.8, 4) is 11.5 Å². The Morgan fingerprint density at radius 1 is 0.972 bits per heavy atom. The number of benzene rings is 3. The second-order valence-corrected chi connectivity index (χ2v) is 9.11. The van der Waals surface area contributed by atoms with Crippen molar-refractivity contribution in [2.45, 2.75) is 13.5 Å². The summed E-state index contributed by atoms with van der Waals surface area (Å²) in [5.41, 5.74) is 2.04. The number of anilines is 1. The first-order valence-electron chi connectivity index (χ1n) is 10.6. The summed E-state index contributed by atoms with van der Waals surface area (Å²) in [5, 5.41) is 3.32. The first kappa shape index (κ1) is 25.6. The van der Waals surface area contributed by atoms with E-state index in [2.05, 4.69) is 5.32 Å². The smallest absolute Gasteiger partial charge is 0.335 e. The average Bonchev–Trinajstić information content (AvgIpc) is 2.81. The summed E-state index contributed by atoms with van der Waals surface area (Å²) in [6.45, 7) is 1.93. The maximum Gasteiger partial charge on any atom is 0.335 e. The number of ether oxygens (including phenoxy) is 2. The largest absolute Gasteiger partial charge is 0.493 e. The number of barbiturate groups is 1. The highest BCUT2D eigenvalue weighted by molar-refractivity contribution is 6.39. The molecule has 0 bridgehead atoms. The molecule has 1 aliphatic rings. The van der Waals surface area contributed by atoms with Crippen LogP contribution in [0.1, 0.15) is 16.7 Å². The molecule has 4 rings (SSSR count). The molecule has 184 valence electrons. The molecule has 0 unspecified atom stereocenters. The fourth-order valence-electron chi connectivity index (χ4n) is 3.58. The van der Waals surface area contributed by atoms with Crippen LogP contribution >= 0.6 is 34.8 Å². The Bertz CT molecular complexity index is 1420. The fraction of sp³-hybridized carbons (Fsp3) is 0.115. The Balaban J connectivity index is 1.64. The molecule has 10 heteroatoms. The lowest BCUT2D eigenvalue weighted by atomic mass is 10.1. The van der Waals surface area contributed by atoms with Gasteiger partial charge in [0.25, 0.3) is 11.8 Å². The Hall–Kier alpha value is -3.52. The zero-order chi connectivity index (χ0) is 26.0. The number of nitrogens with zero attached hydrogens (tertiary/aromatic N) is 1. The highest BCUT2D eigenvalue weighted by atomic mass is 35.5. The van der Waals surface area contributed by atoms with E-state index >= 15 is 0 Å². The number of imide groups is 2. The molecule has 1 heterocycles. The molecule has 0 atom stereocenters. The Morgan fingerprint density at radius 3 is 2.44 bits per heavy atom. The topological polar surface area (TPSA) is 84.9 Å². The maximum absolute atomic E-state index is 13.1. The summed E-state index contributed by atoms with van der Waals surface area (Å²) in [6, 6.07) is 14.1. The minimum Gasteiger partial charge on any atom is -0.493 e. The van der Waals surface area contributed by atoms with Crippen molar-refractivity contribution in [3.63, 3.8) is 0 Å². The van der Waals surface area contributed by atoms with Crippen LogP contribution in [-0.4, -0.2) is 25.0 Å². The highest BCUT2D eigenvalue weighted by Crippen LogP contribution is 2.38. The SMILES string of the molecule is COc1cc(/C=C2\C(=O)NC(=O)N(c3cccc(C)c3)C2=O)cc(Cl)c1OCc1ccc(Cl)cc1Cl. The van der Waals surface area contributed by atoms with Crippen molar-refractivity contribution in [3.05, 3.63) is 91.9 Å². The van der Waals surface area contributed by atoms with Gasteiger partial charge in [-0.25, -0.2) is 9.69 Å². The normalized spacial score (nSPS) is 14.8. The third-order valence-electron chi connectivity index (χ3n) is 5.31. The molecule has 0 spiro atoms. The van der Waals surface area contributed by atoms with E-state index in [1.807, 2.05) is 13.0 Å². The number of nitrogens with one attached hydrogen (secondary N) is 1. The lowest BCUT2D eigenvalue weighted by Gasteiger charge is -2.26. The number of urea groups is 1. The minimum atomic E-state index is -0.826. The van der Waals surface area contributed by atoms with E-state index in [-0.39, 0.29) is 28.7 Å². The van der Waals surface area contributed by atoms with E-state index < -0.39 is 17.8 Å². The number of carbonyl (C=O) groups excluding carboxylic acids is 3. The number of methoxy groups -OCH3 is 1. The van der Waals surface area contributed by atoms with Gasteiger partial charge in [0.15, 0.2) is 11.5 Å². The summed E-state index contributed by atoms with van der Waals surface area (Å²) in [6.07, 6.45) is 1.33. The van der Waals surface area contributed by atoms with Crippen LogP contribution in [0.5, 0.6) is 11.5 Å². The van der Waals surface area contributed by atoms with Gasteiger partial charge in [-0.05, 0) is 60.5 Å². The second kappa shape index (κ2) is 10.6. The number of hydrogen-bond donors (Lipinski definition) is 1. The maximum atomic E-state index is 13.1. The van der Waals surface area contributed by atoms with Gasteiger partial charge in [0.1, 0.15) is 12.2 Å². The van der Waals surface area contributed by atoms with Crippen LogP contribution in [0.4, 0.5) is 10.5 Å². The summed E-state index contributed by atoms with van der Waals surface area (Å²) < 4.78 is 11.3. The van der Waals surface area contributed by atoms with Crippen molar-refractivity contribution < 1.29 is 23.9 Å². The number of rotatable bonds is 6. The van der Waals surface area contributed by atoms with Gasteiger partial charge < -0.3 is 9.47 Å². The Morgan fingerprint density at radius 2 is 1.75 bits per heavy atom. The van der Waals surface area contributed by atoms with Gasteiger partial charge in [-0.2, -0.15) is 0 Å². The molecule has 3 aromatic carbocycles. The monoisotopic (exact) mass is 544 g/mol. The van der Waals surface area contributed by atoms with Crippen molar-refractivity contribution in [1.82, 2.24) is 5.32 Å². The van der Waals surface area contributed by atoms with Crippen LogP contribution in [0.3, 0.4) is 0 Å². The summed E-state index contributed by atoms with van der Waals surface area (Å²) in [5.74, 6) is -1.05. The summed E-state index contributed by atoms with van der Waals surface area (Å²) in [4.78, 5) is 39.0. The number of carbonyl (C=O) groups is 3. The predicted molar refractivity (Wildman–Crippen MR) is 139 cm³/mol. The lowest BCUT2D eigenvalue weighted by Crippen LogP contribution is -2.54. The van der Waals surface area contributed by atoms with Crippen LogP contribution in [0.15, 0.2) is 60.2 Å². The molecule has 1 N–H and O–H groups in total. The van der Waals surface area contributed by atoms with E-state index in [0.717, 1.165) is 10.5 Å². The second-order valence-electron chi connectivity index (χ2n) is 7.86. The predicted octanol–water partition coefficient (Wildman–Crippen LogP) is 6.21. The molecule has 7 nitrogen and oxygen atoms in total. The number of aryl methyl sites for hydroxylation is 1. The van der Waals surface area contributed by atoms with Crippen molar-refractivity contribution in [2.75, 3.05) is 12.0 Å². The molecule has 0 aromatic heterocycles. The summed E-state index contributed by atoms with van der Waals surface area (Å²) in [7, 11) is 1.43. The number of halogens is 3. The molecular weight excluding hydrogens is 527 g/mol. The molecule has 3 aromatic rings. The molecule has 36 heavy (non-hydrogen) atoms. The van der Waals surface area contributed by atoms with Gasteiger partial charge in [0.2, 0.25) is 0 Å². The molecule has 1 fully saturated rings. The zero-order valence-electron chi connectivity index (χ0n) is 19.1. The molecule has 0 radical (unpaired) electrons. The van der Waals surface area contributed by atoms with Gasteiger partial charge in [-0.15, -0.1) is 0 Å². The van der Waals surface area contributed by atoms with Crippen LogP contribution in [-0.2, 0) is 16.2 Å². The molecule has 0 aliphatic carbocycles. The minimum absolute atomic E-state index is 0.0982. The number of amides is 4. The van der Waals surface area contributed by atoms with E-state index in [4.69, 9.17) is 44.3 Å². The molecular formula is C26H19Cl3N2O5. The molecule has 4 amide bonds. The van der Waals surface area contributed by atoms with Crippen LogP contribution < -0.4 is 19.7 Å². The van der Waals surface area contributed by atoms with Crippen molar-refractivity contribution in [1.29, 1.82) is 0 Å². The van der Waals surface area contributed by atoms with Crippen molar-refractivity contribution >= 4 is 64.4 Å². The first-order valence-corrected chi connectivity index (χ1v) is 11.7. The lowest BCUT2D eigenvalue weighted by molar-refractivity contribution is -0.122. The van der Waals surface area contributed by atoms with E-state index in [1.54, 1.807) is 42.5 Å². The first-order chi connectivity index (χ1) is 17.2.